The zero-order chi connectivity index (χ0) is 34.0. The van der Waals surface area contributed by atoms with E-state index in [1.165, 1.54) is 37.4 Å². The topological polar surface area (TPSA) is 126 Å². The van der Waals surface area contributed by atoms with Crippen molar-refractivity contribution < 1.29 is 28.9 Å². The molecule has 2 aromatic carbocycles. The molecule has 240 valence electrons. The number of phenols is 1. The van der Waals surface area contributed by atoms with Crippen molar-refractivity contribution in [2.24, 2.45) is 0 Å². The third kappa shape index (κ3) is 8.99. The zero-order valence-electron chi connectivity index (χ0n) is 27.1. The van der Waals surface area contributed by atoms with Gasteiger partial charge in [0.25, 0.3) is 0 Å². The van der Waals surface area contributed by atoms with Crippen LogP contribution in [0, 0.1) is 39.5 Å². The number of nitrogens with zero attached hydrogens (tertiary/aromatic N) is 2. The van der Waals surface area contributed by atoms with Crippen molar-refractivity contribution >= 4 is 11.6 Å². The number of benzene rings is 2. The smallest absolute Gasteiger partial charge is 0.182 e. The summed E-state index contributed by atoms with van der Waals surface area (Å²) in [7, 11) is 2.99. The summed E-state index contributed by atoms with van der Waals surface area (Å²) in [5.41, 5.74) is 3.73. The van der Waals surface area contributed by atoms with Crippen LogP contribution in [-0.2, 0) is 13.1 Å². The van der Waals surface area contributed by atoms with Crippen molar-refractivity contribution in [2.75, 3.05) is 20.8 Å². The van der Waals surface area contributed by atoms with Crippen LogP contribution in [0.4, 0.5) is 0 Å². The Bertz CT molecular complexity index is 1870. The van der Waals surface area contributed by atoms with Crippen molar-refractivity contribution in [3.8, 4) is 34.8 Å². The predicted octanol–water partition coefficient (Wildman–Crippen LogP) is 4.82. The summed E-state index contributed by atoms with van der Waals surface area (Å²) in [5.74, 6) is 6.60. The van der Waals surface area contributed by atoms with Gasteiger partial charge >= 0.3 is 0 Å². The second kappa shape index (κ2) is 16.0. The first-order valence-corrected chi connectivity index (χ1v) is 14.4. The summed E-state index contributed by atoms with van der Waals surface area (Å²) in [6.45, 7) is 9.42. The summed E-state index contributed by atoms with van der Waals surface area (Å²) in [5, 5.41) is 9.73. The first kappa shape index (κ1) is 34.9. The van der Waals surface area contributed by atoms with E-state index in [4.69, 9.17) is 14.2 Å². The van der Waals surface area contributed by atoms with Gasteiger partial charge in [-0.05, 0) is 71.0 Å². The highest BCUT2D eigenvalue weighted by atomic mass is 16.5. The molecule has 46 heavy (non-hydrogen) atoms. The van der Waals surface area contributed by atoms with Crippen molar-refractivity contribution in [3.63, 3.8) is 0 Å². The number of aromatic nitrogens is 2. The Balaban J connectivity index is 0.000000254. The van der Waals surface area contributed by atoms with E-state index >= 15 is 0 Å². The number of methoxy groups -OCH3 is 2. The Morgan fingerprint density at radius 3 is 1.52 bits per heavy atom. The Labute approximate surface area is 267 Å². The summed E-state index contributed by atoms with van der Waals surface area (Å²) in [4.78, 5) is 47.9. The molecule has 0 saturated carbocycles. The fourth-order valence-corrected chi connectivity index (χ4v) is 4.76. The number of aryl methyl sites for hydroxylation is 4. The number of ketones is 2. The van der Waals surface area contributed by atoms with Crippen molar-refractivity contribution in [3.05, 3.63) is 115 Å². The molecule has 2 heterocycles. The van der Waals surface area contributed by atoms with Crippen molar-refractivity contribution in [2.45, 2.75) is 47.7 Å². The predicted molar refractivity (Wildman–Crippen MR) is 176 cm³/mol. The number of ether oxygens (including phenoxy) is 3. The van der Waals surface area contributed by atoms with E-state index < -0.39 is 0 Å². The number of hydrogen-bond donors (Lipinski definition) is 1. The van der Waals surface area contributed by atoms with Crippen LogP contribution in [0.3, 0.4) is 0 Å². The van der Waals surface area contributed by atoms with Crippen molar-refractivity contribution in [1.82, 2.24) is 9.13 Å². The van der Waals surface area contributed by atoms with E-state index in [-0.39, 0.29) is 47.9 Å². The van der Waals surface area contributed by atoms with Gasteiger partial charge in [-0.15, -0.1) is 5.92 Å². The van der Waals surface area contributed by atoms with E-state index in [0.717, 1.165) is 22.8 Å². The van der Waals surface area contributed by atoms with Crippen LogP contribution < -0.4 is 25.1 Å². The molecular formula is C36H38N2O8. The van der Waals surface area contributed by atoms with Crippen LogP contribution in [0.25, 0.3) is 0 Å². The molecular weight excluding hydrogens is 588 g/mol. The van der Waals surface area contributed by atoms with Crippen LogP contribution in [0.5, 0.6) is 23.0 Å². The lowest BCUT2D eigenvalue weighted by atomic mass is 10.1. The minimum absolute atomic E-state index is 0.0594. The average molecular weight is 627 g/mol. The van der Waals surface area contributed by atoms with Gasteiger partial charge in [0, 0.05) is 58.2 Å². The average Bonchev–Trinajstić information content (AvgIpc) is 3.00. The molecule has 0 bridgehead atoms. The Kier molecular flexibility index (Phi) is 12.1. The minimum Gasteiger partial charge on any atom is -0.504 e. The Hall–Kier alpha value is -5.56. The van der Waals surface area contributed by atoms with E-state index in [9.17, 15) is 24.3 Å². The van der Waals surface area contributed by atoms with E-state index in [1.807, 2.05) is 18.4 Å². The van der Waals surface area contributed by atoms with E-state index in [2.05, 4.69) is 11.8 Å². The second-order valence-electron chi connectivity index (χ2n) is 10.4. The number of carbonyl (C=O) groups is 2. The van der Waals surface area contributed by atoms with Gasteiger partial charge in [0.2, 0.25) is 0 Å². The molecule has 4 aromatic rings. The summed E-state index contributed by atoms with van der Waals surface area (Å²) in [6.07, 6.45) is 0. The lowest BCUT2D eigenvalue weighted by Gasteiger charge is -2.14. The quantitative estimate of drug-likeness (QED) is 0.196. The van der Waals surface area contributed by atoms with Gasteiger partial charge in [-0.2, -0.15) is 0 Å². The molecule has 1 N–H and O–H groups in total. The third-order valence-electron chi connectivity index (χ3n) is 7.17. The van der Waals surface area contributed by atoms with E-state index in [1.54, 1.807) is 62.8 Å². The number of Topliss-reactive ketones (excluding diaryl/α,β-unsaturated/α-hetero) is 2. The summed E-state index contributed by atoms with van der Waals surface area (Å²) < 4.78 is 19.4. The van der Waals surface area contributed by atoms with Crippen LogP contribution >= 0.6 is 0 Å². The molecule has 0 radical (unpaired) electrons. The van der Waals surface area contributed by atoms with Crippen molar-refractivity contribution in [1.29, 1.82) is 0 Å². The highest BCUT2D eigenvalue weighted by Crippen LogP contribution is 2.29. The molecule has 0 aliphatic heterocycles. The number of hydrogen-bond acceptors (Lipinski definition) is 8. The fraction of sp³-hybridized carbons (Fsp3) is 0.278. The second-order valence-corrected chi connectivity index (χ2v) is 10.4. The molecule has 0 aliphatic carbocycles. The molecule has 0 aliphatic rings. The maximum absolute atomic E-state index is 12.7. The normalized spacial score (nSPS) is 10.2. The molecule has 4 rings (SSSR count). The first-order valence-electron chi connectivity index (χ1n) is 14.4. The van der Waals surface area contributed by atoms with Gasteiger partial charge in [-0.25, -0.2) is 0 Å². The molecule has 0 saturated heterocycles. The molecule has 10 heteroatoms. The van der Waals surface area contributed by atoms with Gasteiger partial charge in [0.15, 0.2) is 45.4 Å². The first-order chi connectivity index (χ1) is 21.9. The standard InChI is InChI=1S/C20H21NO4.C16H17NO4/c1-5-6-9-25-20-12-16(7-8-19(20)24-4)18(23)13-21-14(2)10-17(22)11-15(21)3;1-10-6-13(18)7-11(2)17(10)9-15(20)12-4-5-16(21-3)14(19)8-12/h7-8,10-12H,9,13H2,1-4H3;4-8,19H,9H2,1-3H3. The summed E-state index contributed by atoms with van der Waals surface area (Å²) in [6, 6.07) is 15.6. The number of rotatable bonds is 10. The van der Waals surface area contributed by atoms with Crippen LogP contribution in [0.2, 0.25) is 0 Å². The zero-order valence-corrected chi connectivity index (χ0v) is 27.1. The lowest BCUT2D eigenvalue weighted by molar-refractivity contribution is 0.0962. The van der Waals surface area contributed by atoms with Crippen LogP contribution in [-0.4, -0.2) is 46.6 Å². The lowest BCUT2D eigenvalue weighted by Crippen LogP contribution is -2.18. The molecule has 0 amide bonds. The number of phenolic OH excluding ortho intramolecular Hbond substituents is 1. The Morgan fingerprint density at radius 1 is 0.674 bits per heavy atom. The summed E-state index contributed by atoms with van der Waals surface area (Å²) >= 11 is 0. The molecule has 0 atom stereocenters. The molecule has 0 fully saturated rings. The monoisotopic (exact) mass is 626 g/mol. The highest BCUT2D eigenvalue weighted by Gasteiger charge is 2.14. The molecule has 10 nitrogen and oxygen atoms in total. The highest BCUT2D eigenvalue weighted by molar-refractivity contribution is 5.97. The SMILES string of the molecule is CC#CCOc1cc(C(=O)Cn2c(C)cc(=O)cc2C)ccc1OC.COc1ccc(C(=O)Cn2c(C)cc(=O)cc2C)cc1O. The maximum atomic E-state index is 12.7. The van der Waals surface area contributed by atoms with Gasteiger partial charge in [0.05, 0.1) is 27.3 Å². The van der Waals surface area contributed by atoms with Crippen LogP contribution in [0.15, 0.2) is 70.3 Å². The van der Waals surface area contributed by atoms with E-state index in [0.29, 0.717) is 28.4 Å². The molecule has 0 spiro atoms. The minimum atomic E-state index is -0.150. The third-order valence-corrected chi connectivity index (χ3v) is 7.17. The van der Waals surface area contributed by atoms with Crippen LogP contribution in [0.1, 0.15) is 50.4 Å². The fourth-order valence-electron chi connectivity index (χ4n) is 4.76. The van der Waals surface area contributed by atoms with Gasteiger partial charge in [-0.3, -0.25) is 19.2 Å². The maximum Gasteiger partial charge on any atom is 0.182 e. The number of aromatic hydroxyl groups is 1. The molecule has 2 aromatic heterocycles. The van der Waals surface area contributed by atoms with Gasteiger partial charge in [-0.1, -0.05) is 5.92 Å². The largest absolute Gasteiger partial charge is 0.504 e. The molecule has 0 unspecified atom stereocenters. The van der Waals surface area contributed by atoms with Gasteiger partial charge in [0.1, 0.15) is 6.61 Å². The van der Waals surface area contributed by atoms with Gasteiger partial charge < -0.3 is 28.5 Å². The Morgan fingerprint density at radius 2 is 1.11 bits per heavy atom. The number of pyridine rings is 2. The number of carbonyl (C=O) groups excluding carboxylic acids is 2.